The van der Waals surface area contributed by atoms with Gasteiger partial charge in [-0.1, -0.05) is 6.07 Å². The van der Waals surface area contributed by atoms with Crippen LogP contribution in [0.25, 0.3) is 11.1 Å². The number of hydrogen-bond acceptors (Lipinski definition) is 7. The minimum absolute atomic E-state index is 0.0686. The van der Waals surface area contributed by atoms with E-state index in [1.165, 1.54) is 4.90 Å². The van der Waals surface area contributed by atoms with Gasteiger partial charge >= 0.3 is 0 Å². The number of nitrogens with one attached hydrogen (secondary N) is 2. The van der Waals surface area contributed by atoms with Crippen LogP contribution in [0.4, 0.5) is 0 Å². The van der Waals surface area contributed by atoms with Crippen LogP contribution in [0.5, 0.6) is 17.2 Å². The standard InChI is InChI=1S/C27H33N3O7/c1-35-23-14-17-3-6-24(32)28-9-11-30(26(34)16-31)10-7-25(33)29-21-8-12-37-22-5-4-18(15-20(21)22)19(13-17)27(23)36-2/h4-5,13-15,21,31H,3,6-12,16H2,1-2H3,(H,28,32)(H,29,33). The molecule has 0 aliphatic carbocycles. The number of aliphatic hydroxyl groups is 1. The highest BCUT2D eigenvalue weighted by Gasteiger charge is 2.25. The van der Waals surface area contributed by atoms with Crippen molar-refractivity contribution in [3.8, 4) is 28.4 Å². The highest BCUT2D eigenvalue weighted by Crippen LogP contribution is 2.42. The molecule has 0 fully saturated rings. The first-order valence-electron chi connectivity index (χ1n) is 12.4. The maximum absolute atomic E-state index is 12.9. The number of nitrogens with zero attached hydrogens (tertiary/aromatic N) is 1. The van der Waals surface area contributed by atoms with Crippen molar-refractivity contribution >= 4 is 17.7 Å². The van der Waals surface area contributed by atoms with Crippen LogP contribution in [0.15, 0.2) is 30.3 Å². The van der Waals surface area contributed by atoms with Crippen molar-refractivity contribution in [1.82, 2.24) is 15.5 Å². The number of fused-ring (bicyclic) bond motifs is 4. The Hall–Kier alpha value is -3.79. The lowest BCUT2D eigenvalue weighted by molar-refractivity contribution is -0.135. The molecular weight excluding hydrogens is 478 g/mol. The third-order valence-corrected chi connectivity index (χ3v) is 6.68. The molecule has 37 heavy (non-hydrogen) atoms. The zero-order valence-corrected chi connectivity index (χ0v) is 21.2. The molecule has 1 atom stereocenters. The second-order valence-corrected chi connectivity index (χ2v) is 9.03. The van der Waals surface area contributed by atoms with Gasteiger partial charge in [0.25, 0.3) is 0 Å². The first kappa shape index (κ1) is 26.3. The van der Waals surface area contributed by atoms with Gasteiger partial charge < -0.3 is 34.9 Å². The molecule has 0 aromatic heterocycles. The van der Waals surface area contributed by atoms with Gasteiger partial charge in [-0.05, 0) is 41.8 Å². The summed E-state index contributed by atoms with van der Waals surface area (Å²) in [5.74, 6) is 0.962. The molecule has 3 amide bonds. The van der Waals surface area contributed by atoms with E-state index in [0.29, 0.717) is 36.7 Å². The number of hydrogen-bond donors (Lipinski definition) is 3. The van der Waals surface area contributed by atoms with Gasteiger partial charge in [0.05, 0.1) is 26.9 Å². The van der Waals surface area contributed by atoms with Crippen LogP contribution in [0, 0.1) is 0 Å². The van der Waals surface area contributed by atoms with Crippen molar-refractivity contribution in [2.24, 2.45) is 0 Å². The van der Waals surface area contributed by atoms with Crippen molar-refractivity contribution in [2.75, 3.05) is 47.1 Å². The van der Waals surface area contributed by atoms with E-state index < -0.39 is 12.5 Å². The van der Waals surface area contributed by atoms with Crippen molar-refractivity contribution in [3.05, 3.63) is 41.5 Å². The largest absolute Gasteiger partial charge is 0.493 e. The molecule has 1 unspecified atom stereocenters. The number of methoxy groups -OCH3 is 2. The van der Waals surface area contributed by atoms with Crippen LogP contribution >= 0.6 is 0 Å². The molecule has 0 saturated heterocycles. The fourth-order valence-electron chi connectivity index (χ4n) is 4.73. The van der Waals surface area contributed by atoms with Crippen LogP contribution in [-0.2, 0) is 20.8 Å². The number of amides is 3. The minimum Gasteiger partial charge on any atom is -0.493 e. The molecule has 2 aliphatic heterocycles. The zero-order valence-electron chi connectivity index (χ0n) is 21.2. The lowest BCUT2D eigenvalue weighted by Gasteiger charge is -2.28. The van der Waals surface area contributed by atoms with E-state index in [2.05, 4.69) is 10.6 Å². The number of rotatable bonds is 3. The van der Waals surface area contributed by atoms with Crippen LogP contribution in [0.3, 0.4) is 0 Å². The SMILES string of the molecule is COc1cc2cc(c1OC)-c1ccc3c(c1)C(CCO3)NC(=O)CCN(C(=O)CO)CCNC(=O)CC2. The van der Waals surface area contributed by atoms with Gasteiger partial charge in [-0.25, -0.2) is 0 Å². The lowest BCUT2D eigenvalue weighted by atomic mass is 9.93. The molecule has 4 rings (SSSR count). The highest BCUT2D eigenvalue weighted by atomic mass is 16.5. The predicted octanol–water partition coefficient (Wildman–Crippen LogP) is 1.58. The highest BCUT2D eigenvalue weighted by molar-refractivity contribution is 5.81. The van der Waals surface area contributed by atoms with E-state index in [9.17, 15) is 19.5 Å². The van der Waals surface area contributed by atoms with Gasteiger partial charge in [-0.2, -0.15) is 0 Å². The van der Waals surface area contributed by atoms with E-state index in [4.69, 9.17) is 14.2 Å². The normalized spacial score (nSPS) is 18.5. The van der Waals surface area contributed by atoms with Crippen molar-refractivity contribution < 1.29 is 33.7 Å². The average molecular weight is 512 g/mol. The van der Waals surface area contributed by atoms with Crippen molar-refractivity contribution in [2.45, 2.75) is 31.7 Å². The molecule has 198 valence electrons. The van der Waals surface area contributed by atoms with Crippen LogP contribution in [0.1, 0.15) is 36.4 Å². The third-order valence-electron chi connectivity index (χ3n) is 6.68. The summed E-state index contributed by atoms with van der Waals surface area (Å²) in [4.78, 5) is 38.9. The predicted molar refractivity (Wildman–Crippen MR) is 136 cm³/mol. The molecule has 2 heterocycles. The smallest absolute Gasteiger partial charge is 0.248 e. The van der Waals surface area contributed by atoms with Gasteiger partial charge in [-0.15, -0.1) is 0 Å². The summed E-state index contributed by atoms with van der Waals surface area (Å²) in [6, 6.07) is 9.39. The monoisotopic (exact) mass is 511 g/mol. The summed E-state index contributed by atoms with van der Waals surface area (Å²) < 4.78 is 17.2. The van der Waals surface area contributed by atoms with E-state index in [1.54, 1.807) is 14.2 Å². The Balaban J connectivity index is 1.73. The van der Waals surface area contributed by atoms with Crippen LogP contribution in [-0.4, -0.2) is 74.8 Å². The lowest BCUT2D eigenvalue weighted by Crippen LogP contribution is -2.42. The van der Waals surface area contributed by atoms with Gasteiger partial charge in [0.2, 0.25) is 17.7 Å². The number of aryl methyl sites for hydroxylation is 1. The molecular formula is C27H33N3O7. The maximum atomic E-state index is 12.9. The molecule has 0 spiro atoms. The molecule has 0 radical (unpaired) electrons. The zero-order chi connectivity index (χ0) is 26.4. The minimum atomic E-state index is -0.659. The summed E-state index contributed by atoms with van der Waals surface area (Å²) >= 11 is 0. The Morgan fingerprint density at radius 1 is 1.08 bits per heavy atom. The fourth-order valence-corrected chi connectivity index (χ4v) is 4.73. The quantitative estimate of drug-likeness (QED) is 0.571. The number of aliphatic hydroxyl groups excluding tert-OH is 1. The number of ether oxygens (including phenoxy) is 3. The summed E-state index contributed by atoms with van der Waals surface area (Å²) in [7, 11) is 3.16. The topological polar surface area (TPSA) is 126 Å². The maximum Gasteiger partial charge on any atom is 0.248 e. The number of carbonyl (C=O) groups is 3. The van der Waals surface area contributed by atoms with Gasteiger partial charge in [0.1, 0.15) is 12.4 Å². The first-order valence-corrected chi connectivity index (χ1v) is 12.4. The Bertz CT molecular complexity index is 1170. The Morgan fingerprint density at radius 2 is 1.92 bits per heavy atom. The summed E-state index contributed by atoms with van der Waals surface area (Å²) in [5, 5.41) is 15.2. The Labute approximate surface area is 215 Å². The molecule has 2 aliphatic rings. The first-order chi connectivity index (χ1) is 17.9. The number of benzene rings is 2. The van der Waals surface area contributed by atoms with E-state index in [0.717, 1.165) is 22.3 Å². The molecule has 4 bridgehead atoms. The Morgan fingerprint density at radius 3 is 2.68 bits per heavy atom. The summed E-state index contributed by atoms with van der Waals surface area (Å²) in [5.41, 5.74) is 3.44. The van der Waals surface area contributed by atoms with Crippen molar-refractivity contribution in [1.29, 1.82) is 0 Å². The summed E-state index contributed by atoms with van der Waals surface area (Å²) in [6.45, 7) is 0.366. The van der Waals surface area contributed by atoms with E-state index >= 15 is 0 Å². The number of carbonyl (C=O) groups excluding carboxylic acids is 3. The Kier molecular flexibility index (Phi) is 8.50. The van der Waals surface area contributed by atoms with E-state index in [-0.39, 0.29) is 50.3 Å². The molecule has 0 saturated carbocycles. The van der Waals surface area contributed by atoms with Gasteiger partial charge in [-0.3, -0.25) is 14.4 Å². The molecule has 3 N–H and O–H groups in total. The molecule has 2 aromatic carbocycles. The van der Waals surface area contributed by atoms with Gasteiger partial charge in [0, 0.05) is 50.0 Å². The van der Waals surface area contributed by atoms with Crippen LogP contribution < -0.4 is 24.8 Å². The van der Waals surface area contributed by atoms with Gasteiger partial charge in [0.15, 0.2) is 11.5 Å². The summed E-state index contributed by atoms with van der Waals surface area (Å²) in [6.07, 6.45) is 1.39. The molecule has 2 aromatic rings. The van der Waals surface area contributed by atoms with Crippen molar-refractivity contribution in [3.63, 3.8) is 0 Å². The van der Waals surface area contributed by atoms with Crippen LogP contribution in [0.2, 0.25) is 0 Å². The molecule has 10 heteroatoms. The molecule has 10 nitrogen and oxygen atoms in total. The van der Waals surface area contributed by atoms with E-state index in [1.807, 2.05) is 30.3 Å². The fraction of sp³-hybridized carbons (Fsp3) is 0.444. The second-order valence-electron chi connectivity index (χ2n) is 9.03. The second kappa shape index (κ2) is 12.0. The third kappa shape index (κ3) is 6.14. The average Bonchev–Trinajstić information content (AvgIpc) is 2.92.